The topological polar surface area (TPSA) is 183 Å². The molecule has 0 saturated carbocycles. The highest BCUT2D eigenvalue weighted by Crippen LogP contribution is 2.30. The molecule has 0 amide bonds. The summed E-state index contributed by atoms with van der Waals surface area (Å²) in [4.78, 5) is 28.6. The molecule has 1 saturated heterocycles. The van der Waals surface area contributed by atoms with Crippen molar-refractivity contribution in [3.63, 3.8) is 0 Å². The molecule has 0 spiro atoms. The Balaban J connectivity index is 0.853. The van der Waals surface area contributed by atoms with E-state index in [9.17, 15) is 4.79 Å². The Morgan fingerprint density at radius 3 is 1.56 bits per heavy atom. The fourth-order valence-electron chi connectivity index (χ4n) is 6.18. The molecule has 0 atom stereocenters. The molecule has 1 fully saturated rings. The highest BCUT2D eigenvalue weighted by Gasteiger charge is 2.19. The number of hydrogen-bond acceptors (Lipinski definition) is 16. The van der Waals surface area contributed by atoms with Crippen molar-refractivity contribution in [2.24, 2.45) is 0 Å². The number of H-pyrrole nitrogens is 1. The maximum Gasteiger partial charge on any atom is 0.150 e. The Labute approximate surface area is 349 Å². The van der Waals surface area contributed by atoms with Crippen LogP contribution in [0.15, 0.2) is 18.2 Å². The molecule has 4 rings (SSSR count). The minimum atomic E-state index is 0.126. The number of carbonyl (C=O) groups excluding carboxylic acids is 1. The summed E-state index contributed by atoms with van der Waals surface area (Å²) in [5.74, 6) is 1.60. The molecular weight excluding hydrogens is 764 g/mol. The zero-order chi connectivity index (χ0) is 41.6. The molecule has 334 valence electrons. The molecule has 2 aromatic heterocycles. The van der Waals surface area contributed by atoms with Crippen molar-refractivity contribution < 1.29 is 52.2 Å². The van der Waals surface area contributed by atoms with E-state index in [0.717, 1.165) is 79.7 Å². The van der Waals surface area contributed by atoms with Crippen LogP contribution in [0.3, 0.4) is 0 Å². The van der Waals surface area contributed by atoms with Gasteiger partial charge in [-0.25, -0.2) is 9.97 Å². The minimum absolute atomic E-state index is 0.126. The summed E-state index contributed by atoms with van der Waals surface area (Å²) in [6.07, 6.45) is 3.56. The minimum Gasteiger partial charge on any atom is -0.382 e. The number of aromatic amines is 1. The van der Waals surface area contributed by atoms with Crippen LogP contribution in [0.2, 0.25) is 0 Å². The zero-order valence-electron chi connectivity index (χ0n) is 35.6. The van der Waals surface area contributed by atoms with Crippen LogP contribution in [0.1, 0.15) is 38.9 Å². The van der Waals surface area contributed by atoms with Crippen molar-refractivity contribution in [1.82, 2.24) is 19.9 Å². The van der Waals surface area contributed by atoms with Gasteiger partial charge in [-0.15, -0.1) is 0 Å². The summed E-state index contributed by atoms with van der Waals surface area (Å²) in [6, 6.07) is 6.41. The van der Waals surface area contributed by atoms with Crippen LogP contribution >= 0.6 is 0 Å². The van der Waals surface area contributed by atoms with Gasteiger partial charge in [0.05, 0.1) is 138 Å². The largest absolute Gasteiger partial charge is 0.382 e. The molecule has 3 N–H and O–H groups in total. The van der Waals surface area contributed by atoms with E-state index < -0.39 is 0 Å². The van der Waals surface area contributed by atoms with E-state index in [4.69, 9.17) is 58.1 Å². The van der Waals surface area contributed by atoms with E-state index in [1.807, 2.05) is 0 Å². The molecule has 1 aromatic carbocycles. The first-order chi connectivity index (χ1) is 29.0. The number of nitrogens with one attached hydrogen (secondary N) is 1. The van der Waals surface area contributed by atoms with Gasteiger partial charge >= 0.3 is 0 Å². The lowest BCUT2D eigenvalue weighted by Gasteiger charge is -2.36. The van der Waals surface area contributed by atoms with E-state index in [-0.39, 0.29) is 5.78 Å². The normalized spacial score (nSPS) is 13.7. The lowest BCUT2D eigenvalue weighted by molar-refractivity contribution is -0.118. The second kappa shape index (κ2) is 30.9. The van der Waals surface area contributed by atoms with Crippen molar-refractivity contribution in [2.45, 2.75) is 39.5 Å². The molecule has 1 aliphatic heterocycles. The van der Waals surface area contributed by atoms with Crippen LogP contribution < -0.4 is 10.6 Å². The van der Waals surface area contributed by atoms with Gasteiger partial charge in [0, 0.05) is 56.6 Å². The number of piperazine rings is 1. The number of imidazole rings is 1. The van der Waals surface area contributed by atoms with E-state index in [1.165, 1.54) is 5.69 Å². The average molecular weight is 835 g/mol. The molecule has 1 aliphatic rings. The highest BCUT2D eigenvalue weighted by molar-refractivity contribution is 6.07. The van der Waals surface area contributed by atoms with Crippen molar-refractivity contribution in [3.8, 4) is 0 Å². The standard InChI is InChI=1S/C42H70N6O11/c1-3-4-5-39-45-40-37-34-36(6-7-38(37)44-42(43)41(40)46-39)48-11-9-47(10-12-48)13-15-51-17-19-53-21-23-55-25-27-57-29-31-59-33-32-58-30-28-56-26-24-54-22-20-52-18-16-50-14-8-35(2)49/h6-7,34H,3-5,8-33H2,1-2H3,(H2,43,44)(H,45,46). The van der Waals surface area contributed by atoms with Crippen molar-refractivity contribution >= 4 is 39.2 Å². The summed E-state index contributed by atoms with van der Waals surface area (Å²) in [5, 5.41) is 1.04. The number of nitrogens with two attached hydrogens (primary N) is 1. The molecule has 59 heavy (non-hydrogen) atoms. The number of anilines is 2. The number of aromatic nitrogens is 3. The Bertz CT molecular complexity index is 1540. The number of unbranched alkanes of at least 4 members (excludes halogenated alkanes) is 1. The van der Waals surface area contributed by atoms with Gasteiger partial charge in [0.2, 0.25) is 0 Å². The summed E-state index contributed by atoms with van der Waals surface area (Å²) < 4.78 is 55.2. The third-order valence-corrected chi connectivity index (χ3v) is 9.49. The van der Waals surface area contributed by atoms with E-state index in [0.29, 0.717) is 144 Å². The Morgan fingerprint density at radius 2 is 1.10 bits per heavy atom. The number of carbonyl (C=O) groups is 1. The second-order valence-corrected chi connectivity index (χ2v) is 14.1. The monoisotopic (exact) mass is 835 g/mol. The zero-order valence-corrected chi connectivity index (χ0v) is 35.6. The lowest BCUT2D eigenvalue weighted by Crippen LogP contribution is -2.47. The molecule has 17 nitrogen and oxygen atoms in total. The van der Waals surface area contributed by atoms with Gasteiger partial charge in [0.1, 0.15) is 28.5 Å². The summed E-state index contributed by atoms with van der Waals surface area (Å²) >= 11 is 0. The molecule has 17 heteroatoms. The van der Waals surface area contributed by atoms with Crippen molar-refractivity contribution in [2.75, 3.05) is 175 Å². The van der Waals surface area contributed by atoms with Gasteiger partial charge < -0.3 is 63.0 Å². The van der Waals surface area contributed by atoms with Gasteiger partial charge in [-0.2, -0.15) is 0 Å². The maximum absolute atomic E-state index is 10.8. The van der Waals surface area contributed by atoms with Crippen LogP contribution in [-0.2, 0) is 58.6 Å². The number of aryl methyl sites for hydroxylation is 1. The summed E-state index contributed by atoms with van der Waals surface area (Å²) in [5.41, 5.74) is 10.1. The van der Waals surface area contributed by atoms with Crippen molar-refractivity contribution in [3.05, 3.63) is 24.0 Å². The highest BCUT2D eigenvalue weighted by atomic mass is 16.6. The third kappa shape index (κ3) is 20.4. The predicted octanol–water partition coefficient (Wildman–Crippen LogP) is 3.30. The Kier molecular flexibility index (Phi) is 25.4. The van der Waals surface area contributed by atoms with Gasteiger partial charge in [0.15, 0.2) is 0 Å². The smallest absolute Gasteiger partial charge is 0.150 e. The number of pyridine rings is 1. The van der Waals surface area contributed by atoms with E-state index in [1.54, 1.807) is 6.92 Å². The molecule has 3 heterocycles. The number of nitrogen functional groups attached to an aromatic ring is 1. The number of benzene rings is 1. The third-order valence-electron chi connectivity index (χ3n) is 9.49. The fraction of sp³-hybridized carbons (Fsp3) is 0.738. The predicted molar refractivity (Wildman–Crippen MR) is 227 cm³/mol. The van der Waals surface area contributed by atoms with Crippen LogP contribution in [0.5, 0.6) is 0 Å². The molecular formula is C42H70N6O11. The molecule has 0 unspecified atom stereocenters. The van der Waals surface area contributed by atoms with Gasteiger partial charge in [-0.3, -0.25) is 9.69 Å². The summed E-state index contributed by atoms with van der Waals surface area (Å²) in [7, 11) is 0. The quantitative estimate of drug-likeness (QED) is 0.0807. The van der Waals surface area contributed by atoms with E-state index >= 15 is 0 Å². The number of ether oxygens (including phenoxy) is 10. The van der Waals surface area contributed by atoms with Gasteiger partial charge in [-0.1, -0.05) is 13.3 Å². The van der Waals surface area contributed by atoms with Crippen LogP contribution in [0.4, 0.5) is 11.5 Å². The van der Waals surface area contributed by atoms with Crippen LogP contribution in [-0.4, -0.2) is 190 Å². The molecule has 0 aliphatic carbocycles. The molecule has 0 bridgehead atoms. The van der Waals surface area contributed by atoms with Crippen molar-refractivity contribution in [1.29, 1.82) is 0 Å². The maximum atomic E-state index is 10.8. The van der Waals surface area contributed by atoms with Crippen LogP contribution in [0.25, 0.3) is 21.9 Å². The number of nitrogens with zero attached hydrogens (tertiary/aromatic N) is 4. The number of ketones is 1. The summed E-state index contributed by atoms with van der Waals surface area (Å²) in [6.45, 7) is 18.8. The first-order valence-electron chi connectivity index (χ1n) is 21.4. The molecule has 0 radical (unpaired) electrons. The molecule has 3 aromatic rings. The second-order valence-electron chi connectivity index (χ2n) is 14.1. The van der Waals surface area contributed by atoms with E-state index in [2.05, 4.69) is 44.9 Å². The number of Topliss-reactive ketones (excluding diaryl/α,β-unsaturated/α-hetero) is 1. The SMILES string of the molecule is CCCCc1nc2c([nH]1)c(N)nc1ccc(N3CCN(CCOCCOCCOCCOCCOCCOCCOCCOCCOCCOCCC(C)=O)CC3)cc12. The Morgan fingerprint density at radius 1 is 0.644 bits per heavy atom. The van der Waals surface area contributed by atoms with Gasteiger partial charge in [-0.05, 0) is 31.5 Å². The first kappa shape index (κ1) is 48.6. The Hall–Kier alpha value is -3.07. The number of hydrogen-bond donors (Lipinski definition) is 2. The fourth-order valence-corrected chi connectivity index (χ4v) is 6.18. The lowest BCUT2D eigenvalue weighted by atomic mass is 10.1. The first-order valence-corrected chi connectivity index (χ1v) is 21.4. The van der Waals surface area contributed by atoms with Crippen LogP contribution in [0, 0.1) is 0 Å². The van der Waals surface area contributed by atoms with Gasteiger partial charge in [0.25, 0.3) is 0 Å². The number of rotatable bonds is 37. The average Bonchev–Trinajstić information content (AvgIpc) is 3.69. The number of fused-ring (bicyclic) bond motifs is 3.